The molecule has 0 aromatic heterocycles. The molecule has 1 aromatic carbocycles. The number of hydrogen-bond donors (Lipinski definition) is 2. The van der Waals surface area contributed by atoms with Gasteiger partial charge in [0.15, 0.2) is 6.29 Å². The van der Waals surface area contributed by atoms with Crippen LogP contribution in [0.3, 0.4) is 0 Å². The molecule has 1 fully saturated rings. The zero-order valence-electron chi connectivity index (χ0n) is 11.3. The van der Waals surface area contributed by atoms with E-state index < -0.39 is 34.7 Å². The predicted molar refractivity (Wildman–Crippen MR) is 70.4 cm³/mol. The third kappa shape index (κ3) is 3.36. The molecule has 1 saturated heterocycles. The van der Waals surface area contributed by atoms with Gasteiger partial charge in [-0.1, -0.05) is 17.7 Å². The fraction of sp³-hybridized carbons (Fsp3) is 0.538. The van der Waals surface area contributed by atoms with Crippen LogP contribution in [0, 0.1) is 6.92 Å². The summed E-state index contributed by atoms with van der Waals surface area (Å²) < 4.78 is 34.3. The van der Waals surface area contributed by atoms with Gasteiger partial charge in [-0.25, -0.2) is 0 Å². The molecular weight excluding hydrogens is 284 g/mol. The number of aryl methyl sites for hydroxylation is 1. The lowest BCUT2D eigenvalue weighted by atomic mass is 10.0. The summed E-state index contributed by atoms with van der Waals surface area (Å²) in [6, 6.07) is 6.20. The molecule has 4 atom stereocenters. The van der Waals surface area contributed by atoms with Gasteiger partial charge in [0.25, 0.3) is 10.1 Å². The second-order valence-corrected chi connectivity index (χ2v) is 6.50. The number of rotatable bonds is 3. The Bertz CT molecular complexity index is 553. The molecule has 0 saturated carbocycles. The summed E-state index contributed by atoms with van der Waals surface area (Å²) in [6.45, 7) is 3.39. The first-order valence-corrected chi connectivity index (χ1v) is 7.72. The SMILES string of the molecule is Cc1ccc(S(=O)(=O)O[C@@H]2C[C@@H](O)O[C@H](C)[C@@H]2O)cc1. The fourth-order valence-corrected chi connectivity index (χ4v) is 3.14. The zero-order chi connectivity index (χ0) is 14.9. The van der Waals surface area contributed by atoms with Gasteiger partial charge in [0.2, 0.25) is 0 Å². The van der Waals surface area contributed by atoms with E-state index in [-0.39, 0.29) is 11.3 Å². The normalized spacial score (nSPS) is 31.2. The Morgan fingerprint density at radius 2 is 1.85 bits per heavy atom. The highest BCUT2D eigenvalue weighted by atomic mass is 32.2. The minimum Gasteiger partial charge on any atom is -0.388 e. The molecule has 112 valence electrons. The molecule has 0 amide bonds. The average Bonchev–Trinajstić information content (AvgIpc) is 2.35. The maximum atomic E-state index is 12.1. The van der Waals surface area contributed by atoms with Crippen LogP contribution in [0.25, 0.3) is 0 Å². The summed E-state index contributed by atoms with van der Waals surface area (Å²) in [5, 5.41) is 19.3. The van der Waals surface area contributed by atoms with Crippen LogP contribution in [0.4, 0.5) is 0 Å². The van der Waals surface area contributed by atoms with Gasteiger partial charge < -0.3 is 14.9 Å². The Morgan fingerprint density at radius 1 is 1.25 bits per heavy atom. The van der Waals surface area contributed by atoms with Gasteiger partial charge in [-0.2, -0.15) is 8.42 Å². The highest BCUT2D eigenvalue weighted by Gasteiger charge is 2.38. The summed E-state index contributed by atoms with van der Waals surface area (Å²) in [6.07, 6.45) is -4.08. The van der Waals surface area contributed by atoms with Gasteiger partial charge >= 0.3 is 0 Å². The summed E-state index contributed by atoms with van der Waals surface area (Å²) in [5.41, 5.74) is 0.930. The van der Waals surface area contributed by atoms with Crippen LogP contribution in [-0.4, -0.2) is 43.2 Å². The van der Waals surface area contributed by atoms with E-state index in [9.17, 15) is 18.6 Å². The first kappa shape index (κ1) is 15.4. The molecule has 1 aromatic rings. The Kier molecular flexibility index (Phi) is 4.46. The van der Waals surface area contributed by atoms with Crippen molar-refractivity contribution in [3.63, 3.8) is 0 Å². The van der Waals surface area contributed by atoms with Crippen molar-refractivity contribution in [2.45, 2.75) is 49.8 Å². The van der Waals surface area contributed by atoms with Crippen LogP contribution in [0.5, 0.6) is 0 Å². The second-order valence-electron chi connectivity index (χ2n) is 4.92. The van der Waals surface area contributed by atoms with Crippen molar-refractivity contribution in [1.29, 1.82) is 0 Å². The lowest BCUT2D eigenvalue weighted by Gasteiger charge is -2.34. The van der Waals surface area contributed by atoms with E-state index >= 15 is 0 Å². The van der Waals surface area contributed by atoms with Gasteiger partial charge in [0.05, 0.1) is 11.0 Å². The van der Waals surface area contributed by atoms with Crippen molar-refractivity contribution in [3.05, 3.63) is 29.8 Å². The predicted octanol–water partition coefficient (Wildman–Crippen LogP) is 0.557. The number of aliphatic hydroxyl groups is 2. The summed E-state index contributed by atoms with van der Waals surface area (Å²) in [7, 11) is -3.98. The van der Waals surface area contributed by atoms with E-state index in [4.69, 9.17) is 8.92 Å². The van der Waals surface area contributed by atoms with Crippen molar-refractivity contribution in [2.75, 3.05) is 0 Å². The van der Waals surface area contributed by atoms with Crippen LogP contribution in [-0.2, 0) is 19.0 Å². The Labute approximate surface area is 118 Å². The summed E-state index contributed by atoms with van der Waals surface area (Å²) in [4.78, 5) is 0.0175. The van der Waals surface area contributed by atoms with Gasteiger partial charge in [-0.05, 0) is 26.0 Å². The third-order valence-corrected chi connectivity index (χ3v) is 4.58. The molecule has 2 rings (SSSR count). The van der Waals surface area contributed by atoms with Crippen molar-refractivity contribution < 1.29 is 27.6 Å². The van der Waals surface area contributed by atoms with E-state index in [1.165, 1.54) is 12.1 Å². The third-order valence-electron chi connectivity index (χ3n) is 3.23. The molecule has 0 aliphatic carbocycles. The lowest BCUT2D eigenvalue weighted by molar-refractivity contribution is -0.221. The Balaban J connectivity index is 2.17. The molecule has 20 heavy (non-hydrogen) atoms. The quantitative estimate of drug-likeness (QED) is 0.792. The van der Waals surface area contributed by atoms with E-state index in [2.05, 4.69) is 0 Å². The van der Waals surface area contributed by atoms with Gasteiger partial charge in [0.1, 0.15) is 12.2 Å². The van der Waals surface area contributed by atoms with Gasteiger partial charge in [0, 0.05) is 6.42 Å². The minimum absolute atomic E-state index is 0.0175. The molecule has 0 radical (unpaired) electrons. The maximum Gasteiger partial charge on any atom is 0.297 e. The van der Waals surface area contributed by atoms with E-state index in [0.717, 1.165) is 5.56 Å². The lowest BCUT2D eigenvalue weighted by Crippen LogP contribution is -2.48. The largest absolute Gasteiger partial charge is 0.388 e. The van der Waals surface area contributed by atoms with E-state index in [0.29, 0.717) is 0 Å². The zero-order valence-corrected chi connectivity index (χ0v) is 12.1. The monoisotopic (exact) mass is 302 g/mol. The number of benzene rings is 1. The first-order valence-electron chi connectivity index (χ1n) is 6.31. The van der Waals surface area contributed by atoms with Gasteiger partial charge in [-0.15, -0.1) is 0 Å². The molecule has 0 spiro atoms. The number of ether oxygens (including phenoxy) is 1. The molecule has 6 nitrogen and oxygen atoms in total. The Morgan fingerprint density at radius 3 is 2.45 bits per heavy atom. The van der Waals surface area contributed by atoms with E-state index in [1.807, 2.05) is 6.92 Å². The highest BCUT2D eigenvalue weighted by Crippen LogP contribution is 2.25. The maximum absolute atomic E-state index is 12.1. The molecule has 1 aliphatic heterocycles. The molecule has 0 unspecified atom stereocenters. The van der Waals surface area contributed by atoms with Crippen molar-refractivity contribution >= 4 is 10.1 Å². The van der Waals surface area contributed by atoms with Gasteiger partial charge in [-0.3, -0.25) is 4.18 Å². The minimum atomic E-state index is -3.98. The fourth-order valence-electron chi connectivity index (χ4n) is 2.04. The average molecular weight is 302 g/mol. The summed E-state index contributed by atoms with van der Waals surface area (Å²) in [5.74, 6) is 0. The molecule has 0 bridgehead atoms. The Hall–Kier alpha value is -0.990. The standard InChI is InChI=1S/C13H18O6S/c1-8-3-5-10(6-4-8)20(16,17)19-11-7-12(14)18-9(2)13(11)15/h3-6,9,11-15H,7H2,1-2H3/t9-,11-,12+,13+/m1/s1. The van der Waals surface area contributed by atoms with Crippen LogP contribution in [0.15, 0.2) is 29.2 Å². The smallest absolute Gasteiger partial charge is 0.297 e. The van der Waals surface area contributed by atoms with Crippen LogP contribution >= 0.6 is 0 Å². The van der Waals surface area contributed by atoms with E-state index in [1.54, 1.807) is 19.1 Å². The van der Waals surface area contributed by atoms with Crippen molar-refractivity contribution in [2.24, 2.45) is 0 Å². The topological polar surface area (TPSA) is 93.1 Å². The first-order chi connectivity index (χ1) is 9.29. The molecule has 1 aliphatic rings. The molecule has 7 heteroatoms. The molecule has 2 N–H and O–H groups in total. The summed E-state index contributed by atoms with van der Waals surface area (Å²) >= 11 is 0. The number of hydrogen-bond acceptors (Lipinski definition) is 6. The van der Waals surface area contributed by atoms with Crippen LogP contribution in [0.2, 0.25) is 0 Å². The molecular formula is C13H18O6S. The highest BCUT2D eigenvalue weighted by molar-refractivity contribution is 7.86. The second kappa shape index (κ2) is 5.79. The van der Waals surface area contributed by atoms with Crippen LogP contribution in [0.1, 0.15) is 18.9 Å². The number of aliphatic hydroxyl groups excluding tert-OH is 2. The molecule has 1 heterocycles. The van der Waals surface area contributed by atoms with Crippen LogP contribution < -0.4 is 0 Å². The van der Waals surface area contributed by atoms with Crippen molar-refractivity contribution in [1.82, 2.24) is 0 Å². The van der Waals surface area contributed by atoms with Crippen molar-refractivity contribution in [3.8, 4) is 0 Å².